The number of piperazine rings is 1. The number of fused-ring (bicyclic) bond motifs is 9. The summed E-state index contributed by atoms with van der Waals surface area (Å²) in [5.74, 6) is 2.12. The first kappa shape index (κ1) is 28.4. The summed E-state index contributed by atoms with van der Waals surface area (Å²) in [4.78, 5) is 17.5. The van der Waals surface area contributed by atoms with Crippen molar-refractivity contribution in [3.8, 4) is 29.1 Å². The molecule has 222 valence electrons. The SMILES string of the molecule is C=CCOc1c(C)c2c(c3c1CC1[C@H]4c5c(cc(C)c(C)c5O)C[C@@H](C(C#N)N1[C@H]3CNC(=O)C(C)C)N4C)OCO2. The van der Waals surface area contributed by atoms with Gasteiger partial charge >= 0.3 is 0 Å². The molecule has 0 spiro atoms. The minimum absolute atomic E-state index is 0.0559. The van der Waals surface area contributed by atoms with Crippen LogP contribution in [0.25, 0.3) is 0 Å². The van der Waals surface area contributed by atoms with Crippen molar-refractivity contribution in [3.63, 3.8) is 0 Å². The molecule has 4 aliphatic rings. The molecule has 9 nitrogen and oxygen atoms in total. The Labute approximate surface area is 247 Å². The smallest absolute Gasteiger partial charge is 0.231 e. The number of aryl methyl sites for hydroxylation is 1. The number of phenolic OH excluding ortho intramolecular Hbond substituents is 1. The van der Waals surface area contributed by atoms with Crippen LogP contribution < -0.4 is 19.5 Å². The summed E-state index contributed by atoms with van der Waals surface area (Å²) in [6.07, 6.45) is 2.94. The van der Waals surface area contributed by atoms with E-state index in [1.54, 1.807) is 6.08 Å². The van der Waals surface area contributed by atoms with Crippen LogP contribution in [0.3, 0.4) is 0 Å². The van der Waals surface area contributed by atoms with Gasteiger partial charge in [-0.3, -0.25) is 14.6 Å². The Morgan fingerprint density at radius 2 is 1.95 bits per heavy atom. The van der Waals surface area contributed by atoms with E-state index in [-0.39, 0.29) is 42.8 Å². The first-order valence-electron chi connectivity index (χ1n) is 14.8. The Morgan fingerprint density at radius 3 is 2.64 bits per heavy atom. The molecule has 2 N–H and O–H groups in total. The normalized spacial score (nSPS) is 25.7. The maximum Gasteiger partial charge on any atom is 0.231 e. The van der Waals surface area contributed by atoms with Crippen molar-refractivity contribution in [2.75, 3.05) is 27.0 Å². The Kier molecular flexibility index (Phi) is 7.11. The molecule has 0 aromatic heterocycles. The fourth-order valence-corrected chi connectivity index (χ4v) is 7.63. The fourth-order valence-electron chi connectivity index (χ4n) is 7.63. The van der Waals surface area contributed by atoms with Crippen molar-refractivity contribution in [2.45, 2.75) is 77.7 Å². The van der Waals surface area contributed by atoms with E-state index >= 15 is 0 Å². The molecule has 0 aliphatic carbocycles. The Balaban J connectivity index is 1.60. The lowest BCUT2D eigenvalue weighted by molar-refractivity contribution is -0.125. The molecule has 2 bridgehead atoms. The molecule has 42 heavy (non-hydrogen) atoms. The highest BCUT2D eigenvalue weighted by Crippen LogP contribution is 2.57. The van der Waals surface area contributed by atoms with Crippen molar-refractivity contribution in [3.05, 3.63) is 57.7 Å². The van der Waals surface area contributed by atoms with Gasteiger partial charge in [0.2, 0.25) is 12.7 Å². The Hall–Kier alpha value is -3.74. The molecular formula is C33H40N4O5. The van der Waals surface area contributed by atoms with Crippen LogP contribution in [0.2, 0.25) is 0 Å². The summed E-state index contributed by atoms with van der Waals surface area (Å²) in [5, 5.41) is 25.5. The van der Waals surface area contributed by atoms with Gasteiger partial charge in [0.05, 0.1) is 18.2 Å². The zero-order valence-electron chi connectivity index (χ0n) is 25.3. The zero-order chi connectivity index (χ0) is 30.0. The number of hydrogen-bond donors (Lipinski definition) is 2. The Morgan fingerprint density at radius 1 is 1.21 bits per heavy atom. The van der Waals surface area contributed by atoms with E-state index in [2.05, 4.69) is 40.9 Å². The van der Waals surface area contributed by atoms with Gasteiger partial charge < -0.3 is 24.6 Å². The third-order valence-corrected chi connectivity index (χ3v) is 9.77. The highest BCUT2D eigenvalue weighted by Gasteiger charge is 2.56. The largest absolute Gasteiger partial charge is 0.507 e. The molecule has 1 fully saturated rings. The number of nitrogens with zero attached hydrogens (tertiary/aromatic N) is 3. The van der Waals surface area contributed by atoms with E-state index in [4.69, 9.17) is 14.2 Å². The van der Waals surface area contributed by atoms with Gasteiger partial charge in [-0.2, -0.15) is 5.26 Å². The number of nitriles is 1. The molecule has 2 unspecified atom stereocenters. The number of benzene rings is 2. The lowest BCUT2D eigenvalue weighted by atomic mass is 9.71. The Bertz CT molecular complexity index is 1510. The van der Waals surface area contributed by atoms with E-state index < -0.39 is 6.04 Å². The standard InChI is InChI=1S/C33H40N4O5/c1-8-9-40-30-19(6)31-32(42-15-41-31)27-21(30)12-23-28-26-20(10-17(4)18(5)29(26)38)11-22(36(28)7)24(13-34)37(23)25(27)14-35-33(39)16(2)3/h8,10,16,22-25,28,38H,1,9,11-12,14-15H2,2-7H3,(H,35,39)/t22-,23?,24?,25-,28-/m0/s1. The topological polar surface area (TPSA) is 107 Å². The minimum atomic E-state index is -0.459. The summed E-state index contributed by atoms with van der Waals surface area (Å²) in [6, 6.07) is 3.56. The number of phenols is 1. The lowest BCUT2D eigenvalue weighted by Crippen LogP contribution is -2.68. The van der Waals surface area contributed by atoms with E-state index in [0.29, 0.717) is 43.2 Å². The van der Waals surface area contributed by atoms with Crippen LogP contribution in [0.1, 0.15) is 64.9 Å². The lowest BCUT2D eigenvalue weighted by Gasteiger charge is -2.60. The van der Waals surface area contributed by atoms with Crippen LogP contribution in [0.15, 0.2) is 18.7 Å². The van der Waals surface area contributed by atoms with Gasteiger partial charge in [0, 0.05) is 46.8 Å². The molecule has 0 radical (unpaired) electrons. The third-order valence-electron chi connectivity index (χ3n) is 9.77. The van der Waals surface area contributed by atoms with E-state index in [0.717, 1.165) is 44.7 Å². The van der Waals surface area contributed by atoms with E-state index in [1.807, 2.05) is 34.6 Å². The average molecular weight is 573 g/mol. The second-order valence-electron chi connectivity index (χ2n) is 12.3. The molecule has 6 rings (SSSR count). The van der Waals surface area contributed by atoms with Gasteiger partial charge in [-0.25, -0.2) is 0 Å². The monoisotopic (exact) mass is 572 g/mol. The number of likely N-dealkylation sites (N-methyl/N-ethyl adjacent to an activating group) is 1. The molecule has 0 saturated carbocycles. The van der Waals surface area contributed by atoms with Crippen LogP contribution in [0.5, 0.6) is 23.0 Å². The molecule has 2 aromatic rings. The van der Waals surface area contributed by atoms with Crippen molar-refractivity contribution in [1.82, 2.24) is 15.1 Å². The highest BCUT2D eigenvalue weighted by molar-refractivity contribution is 5.78. The van der Waals surface area contributed by atoms with Crippen LogP contribution >= 0.6 is 0 Å². The number of amides is 1. The highest BCUT2D eigenvalue weighted by atomic mass is 16.7. The minimum Gasteiger partial charge on any atom is -0.507 e. The molecule has 1 saturated heterocycles. The summed E-state index contributed by atoms with van der Waals surface area (Å²) in [6.45, 7) is 14.3. The second-order valence-corrected chi connectivity index (χ2v) is 12.3. The van der Waals surface area contributed by atoms with Crippen LogP contribution in [-0.4, -0.2) is 65.9 Å². The maximum absolute atomic E-state index is 12.9. The average Bonchev–Trinajstić information content (AvgIpc) is 3.45. The predicted octanol–water partition coefficient (Wildman–Crippen LogP) is 4.15. The number of nitrogens with one attached hydrogen (secondary N) is 1. The number of rotatable bonds is 6. The number of aromatic hydroxyl groups is 1. The van der Waals surface area contributed by atoms with Gasteiger partial charge in [0.1, 0.15) is 24.1 Å². The van der Waals surface area contributed by atoms with Crippen LogP contribution in [0, 0.1) is 38.0 Å². The summed E-state index contributed by atoms with van der Waals surface area (Å²) >= 11 is 0. The molecule has 9 heteroatoms. The number of ether oxygens (including phenoxy) is 3. The van der Waals surface area contributed by atoms with E-state index in [9.17, 15) is 15.2 Å². The number of carbonyl (C=O) groups excluding carboxylic acids is 1. The van der Waals surface area contributed by atoms with Crippen LogP contribution in [-0.2, 0) is 17.6 Å². The van der Waals surface area contributed by atoms with Crippen molar-refractivity contribution in [2.24, 2.45) is 5.92 Å². The zero-order valence-corrected chi connectivity index (χ0v) is 25.3. The molecular weight excluding hydrogens is 532 g/mol. The van der Waals surface area contributed by atoms with Crippen LogP contribution in [0.4, 0.5) is 0 Å². The second kappa shape index (κ2) is 10.5. The predicted molar refractivity (Wildman–Crippen MR) is 158 cm³/mol. The van der Waals surface area contributed by atoms with Crippen molar-refractivity contribution < 1.29 is 24.1 Å². The molecule has 4 heterocycles. The molecule has 1 amide bonds. The molecule has 4 aliphatic heterocycles. The van der Waals surface area contributed by atoms with Crippen molar-refractivity contribution >= 4 is 5.91 Å². The van der Waals surface area contributed by atoms with Gasteiger partial charge in [-0.1, -0.05) is 32.6 Å². The fraction of sp³-hybridized carbons (Fsp3) is 0.515. The molecule has 2 aromatic carbocycles. The number of hydrogen-bond acceptors (Lipinski definition) is 8. The molecule has 5 atom stereocenters. The number of carbonyl (C=O) groups is 1. The maximum atomic E-state index is 12.9. The van der Waals surface area contributed by atoms with E-state index in [1.165, 1.54) is 0 Å². The quantitative estimate of drug-likeness (QED) is 0.497. The van der Waals surface area contributed by atoms with Crippen molar-refractivity contribution in [1.29, 1.82) is 5.26 Å². The first-order valence-corrected chi connectivity index (χ1v) is 14.8. The third kappa shape index (κ3) is 4.07. The van der Waals surface area contributed by atoms with Gasteiger partial charge in [-0.15, -0.1) is 0 Å². The van der Waals surface area contributed by atoms with Gasteiger partial charge in [0.25, 0.3) is 0 Å². The summed E-state index contributed by atoms with van der Waals surface area (Å²) in [7, 11) is 2.07. The summed E-state index contributed by atoms with van der Waals surface area (Å²) < 4.78 is 18.4. The summed E-state index contributed by atoms with van der Waals surface area (Å²) in [5.41, 5.74) is 6.71. The van der Waals surface area contributed by atoms with Gasteiger partial charge in [0.15, 0.2) is 11.5 Å². The van der Waals surface area contributed by atoms with Gasteiger partial charge in [-0.05, 0) is 57.4 Å². The first-order chi connectivity index (χ1) is 20.1.